The van der Waals surface area contributed by atoms with Crippen molar-refractivity contribution in [3.8, 4) is 47.7 Å². The van der Waals surface area contributed by atoms with Crippen molar-refractivity contribution in [2.24, 2.45) is 5.41 Å². The Morgan fingerprint density at radius 3 is 2.38 bits per heavy atom. The van der Waals surface area contributed by atoms with Gasteiger partial charge in [0.05, 0.1) is 17.6 Å². The highest BCUT2D eigenvalue weighted by Gasteiger charge is 2.45. The minimum atomic E-state index is -0.759. The first-order valence-electron chi connectivity index (χ1n) is 16.8. The molecule has 0 spiro atoms. The zero-order chi connectivity index (χ0) is 32.3. The summed E-state index contributed by atoms with van der Waals surface area (Å²) in [5.74, 6) is 4.07. The number of halogens is 2. The molecule has 240 valence electrons. The van der Waals surface area contributed by atoms with Crippen molar-refractivity contribution in [2.45, 2.75) is 76.3 Å². The number of terminal acetylenes is 2. The molecule has 4 aliphatic rings. The lowest BCUT2D eigenvalue weighted by Gasteiger charge is -2.36. The smallest absolute Gasteiger partial charge is 0.319 e. The van der Waals surface area contributed by atoms with Crippen LogP contribution in [0.4, 0.5) is 14.6 Å². The molecular formula is C38H37F2N5O2. The Kier molecular flexibility index (Phi) is 7.41. The van der Waals surface area contributed by atoms with E-state index in [9.17, 15) is 9.50 Å². The van der Waals surface area contributed by atoms with E-state index in [-0.39, 0.29) is 62.7 Å². The van der Waals surface area contributed by atoms with E-state index in [4.69, 9.17) is 22.6 Å². The van der Waals surface area contributed by atoms with Gasteiger partial charge in [-0.2, -0.15) is 9.97 Å². The van der Waals surface area contributed by atoms with Crippen molar-refractivity contribution >= 4 is 27.5 Å². The number of fused-ring (bicyclic) bond motifs is 4. The molecule has 3 aliphatic heterocycles. The minimum absolute atomic E-state index is 0.0102. The van der Waals surface area contributed by atoms with Crippen LogP contribution < -0.4 is 9.64 Å². The van der Waals surface area contributed by atoms with Gasteiger partial charge in [-0.25, -0.2) is 13.8 Å². The zero-order valence-electron chi connectivity index (χ0n) is 26.4. The summed E-state index contributed by atoms with van der Waals surface area (Å²) in [7, 11) is 0. The molecule has 4 aromatic rings. The highest BCUT2D eigenvalue weighted by atomic mass is 19.1. The maximum Gasteiger partial charge on any atom is 0.319 e. The molecule has 4 fully saturated rings. The Hall–Kier alpha value is -4.47. The molecule has 2 aromatic carbocycles. The molecular weight excluding hydrogens is 596 g/mol. The SMILES string of the molecule is C#Cc1c(F)ccc2cc(O)cc(-c3nc(C#C)c4c(N5C6CCCC5CC6)nc(OCC5(CN6CCCCC6)CC5)nc4c3F)c12. The van der Waals surface area contributed by atoms with E-state index in [2.05, 4.69) is 31.6 Å². The molecule has 2 bridgehead atoms. The molecule has 1 saturated carbocycles. The monoisotopic (exact) mass is 633 g/mol. The summed E-state index contributed by atoms with van der Waals surface area (Å²) in [6, 6.07) is 6.14. The number of ether oxygens (including phenoxy) is 1. The summed E-state index contributed by atoms with van der Waals surface area (Å²) in [5.41, 5.74) is 0.103. The van der Waals surface area contributed by atoms with Crippen LogP contribution in [0, 0.1) is 41.7 Å². The second kappa shape index (κ2) is 11.6. The number of aromatic hydroxyl groups is 1. The summed E-state index contributed by atoms with van der Waals surface area (Å²) in [4.78, 5) is 19.1. The van der Waals surface area contributed by atoms with Crippen molar-refractivity contribution in [1.82, 2.24) is 19.9 Å². The van der Waals surface area contributed by atoms with Crippen LogP contribution in [0.3, 0.4) is 0 Å². The second-order valence-electron chi connectivity index (χ2n) is 13.8. The third-order valence-electron chi connectivity index (χ3n) is 10.7. The molecule has 7 nitrogen and oxygen atoms in total. The summed E-state index contributed by atoms with van der Waals surface area (Å²) >= 11 is 0. The van der Waals surface area contributed by atoms with Gasteiger partial charge in [-0.1, -0.05) is 18.4 Å². The van der Waals surface area contributed by atoms with Crippen LogP contribution in [0.25, 0.3) is 32.9 Å². The quantitative estimate of drug-likeness (QED) is 0.221. The first-order valence-corrected chi connectivity index (χ1v) is 16.8. The summed E-state index contributed by atoms with van der Waals surface area (Å²) in [6.07, 6.45) is 22.9. The van der Waals surface area contributed by atoms with Crippen LogP contribution in [0.5, 0.6) is 11.8 Å². The highest BCUT2D eigenvalue weighted by Crippen LogP contribution is 2.48. The fraction of sp³-hybridized carbons (Fsp3) is 0.447. The van der Waals surface area contributed by atoms with Crippen LogP contribution in [-0.4, -0.2) is 63.3 Å². The topological polar surface area (TPSA) is 74.6 Å². The van der Waals surface area contributed by atoms with Crippen LogP contribution in [0.15, 0.2) is 24.3 Å². The number of benzene rings is 2. The number of anilines is 1. The Morgan fingerprint density at radius 1 is 0.915 bits per heavy atom. The van der Waals surface area contributed by atoms with Gasteiger partial charge in [0.1, 0.15) is 34.3 Å². The molecule has 5 heterocycles. The van der Waals surface area contributed by atoms with Crippen LogP contribution in [0.1, 0.15) is 75.5 Å². The normalized spacial score (nSPS) is 21.9. The first kappa shape index (κ1) is 29.9. The minimum Gasteiger partial charge on any atom is -0.508 e. The molecule has 9 heteroatoms. The average Bonchev–Trinajstić information content (AvgIpc) is 3.80. The van der Waals surface area contributed by atoms with Gasteiger partial charge in [-0.15, -0.1) is 12.8 Å². The van der Waals surface area contributed by atoms with Crippen molar-refractivity contribution < 1.29 is 18.6 Å². The van der Waals surface area contributed by atoms with Crippen molar-refractivity contribution in [1.29, 1.82) is 0 Å². The van der Waals surface area contributed by atoms with Gasteiger partial charge in [0, 0.05) is 35.0 Å². The number of nitrogens with zero attached hydrogens (tertiary/aromatic N) is 5. The largest absolute Gasteiger partial charge is 0.508 e. The summed E-state index contributed by atoms with van der Waals surface area (Å²) in [6.45, 7) is 3.65. The van der Waals surface area contributed by atoms with Crippen LogP contribution in [0.2, 0.25) is 0 Å². The van der Waals surface area contributed by atoms with Gasteiger partial charge in [0.2, 0.25) is 0 Å². The molecule has 2 atom stereocenters. The molecule has 0 amide bonds. The molecule has 2 unspecified atom stereocenters. The first-order chi connectivity index (χ1) is 22.9. The molecule has 47 heavy (non-hydrogen) atoms. The maximum atomic E-state index is 17.1. The van der Waals surface area contributed by atoms with E-state index < -0.39 is 11.6 Å². The van der Waals surface area contributed by atoms with Gasteiger partial charge in [0.15, 0.2) is 5.82 Å². The third kappa shape index (κ3) is 5.22. The second-order valence-corrected chi connectivity index (χ2v) is 13.8. The standard InChI is InChI=1S/C38H37F2N5O2/c1-3-27-29(39)14-11-23-19-26(46)20-28(31(23)27)34-33(40)35-32(30(4-2)41-34)36(45-24-9-8-10-25(45)13-12-24)43-37(42-35)47-22-38(15-16-38)21-44-17-6-5-7-18-44/h1-2,11,14,19-20,24-25,46H,5-10,12-13,15-18,21-22H2. The van der Waals surface area contributed by atoms with Crippen LogP contribution in [-0.2, 0) is 0 Å². The zero-order valence-corrected chi connectivity index (χ0v) is 26.4. The number of phenols is 1. The average molecular weight is 634 g/mol. The van der Waals surface area contributed by atoms with E-state index in [1.165, 1.54) is 43.5 Å². The summed E-state index contributed by atoms with van der Waals surface area (Å²) in [5, 5.41) is 11.7. The lowest BCUT2D eigenvalue weighted by molar-refractivity contribution is 0.139. The van der Waals surface area contributed by atoms with E-state index in [1.54, 1.807) is 0 Å². The van der Waals surface area contributed by atoms with Crippen LogP contribution >= 0.6 is 0 Å². The molecule has 2 aromatic heterocycles. The number of hydrogen-bond acceptors (Lipinski definition) is 7. The van der Waals surface area contributed by atoms with Gasteiger partial charge >= 0.3 is 6.01 Å². The van der Waals surface area contributed by atoms with Crippen molar-refractivity contribution in [2.75, 3.05) is 31.1 Å². The third-order valence-corrected chi connectivity index (χ3v) is 10.7. The van der Waals surface area contributed by atoms with Crippen molar-refractivity contribution in [3.05, 3.63) is 47.2 Å². The molecule has 8 rings (SSSR count). The Balaban J connectivity index is 1.29. The number of pyridine rings is 1. The van der Waals surface area contributed by atoms with E-state index in [0.29, 0.717) is 23.2 Å². The van der Waals surface area contributed by atoms with Gasteiger partial charge < -0.3 is 19.6 Å². The molecule has 0 radical (unpaired) electrons. The number of hydrogen-bond donors (Lipinski definition) is 1. The number of piperidine rings is 2. The fourth-order valence-corrected chi connectivity index (χ4v) is 8.22. The summed E-state index contributed by atoms with van der Waals surface area (Å²) < 4.78 is 38.4. The lowest BCUT2D eigenvalue weighted by Crippen LogP contribution is -2.40. The van der Waals surface area contributed by atoms with Gasteiger partial charge in [-0.3, -0.25) is 0 Å². The predicted octanol–water partition coefficient (Wildman–Crippen LogP) is 6.96. The number of rotatable bonds is 7. The molecule has 3 saturated heterocycles. The maximum absolute atomic E-state index is 17.1. The Morgan fingerprint density at radius 2 is 1.68 bits per heavy atom. The number of phenolic OH excluding ortho intramolecular Hbond substituents is 1. The Bertz CT molecular complexity index is 1970. The highest BCUT2D eigenvalue weighted by molar-refractivity contribution is 6.04. The van der Waals surface area contributed by atoms with Gasteiger partial charge in [0.25, 0.3) is 0 Å². The van der Waals surface area contributed by atoms with E-state index in [0.717, 1.165) is 64.6 Å². The fourth-order valence-electron chi connectivity index (χ4n) is 8.22. The van der Waals surface area contributed by atoms with Gasteiger partial charge in [-0.05, 0) is 100 Å². The predicted molar refractivity (Wildman–Crippen MR) is 178 cm³/mol. The number of aromatic nitrogens is 3. The Labute approximate surface area is 273 Å². The van der Waals surface area contributed by atoms with E-state index >= 15 is 4.39 Å². The number of likely N-dealkylation sites (tertiary alicyclic amines) is 1. The lowest BCUT2D eigenvalue weighted by atomic mass is 9.95. The molecule has 1 N–H and O–H groups in total. The molecule has 1 aliphatic carbocycles. The van der Waals surface area contributed by atoms with Crippen molar-refractivity contribution in [3.63, 3.8) is 0 Å². The van der Waals surface area contributed by atoms with E-state index in [1.807, 2.05) is 0 Å².